The molecule has 2 saturated carbocycles. The van der Waals surface area contributed by atoms with Crippen molar-refractivity contribution in [2.24, 2.45) is 23.2 Å². The normalized spacial score (nSPS) is 28.7. The van der Waals surface area contributed by atoms with Gasteiger partial charge in [-0.1, -0.05) is 43.6 Å². The van der Waals surface area contributed by atoms with Crippen molar-refractivity contribution in [1.82, 2.24) is 28.9 Å². The van der Waals surface area contributed by atoms with Crippen molar-refractivity contribution in [3.63, 3.8) is 0 Å². The van der Waals surface area contributed by atoms with E-state index in [0.29, 0.717) is 67.6 Å². The number of fused-ring (bicyclic) bond motifs is 2. The number of aliphatic hydroxyl groups excluding tert-OH is 1. The standard InChI is InChI=1S/C46H68N7O5/c1-31(9-7-21-45(2,3)57)39-17-18-40-33(10-8-22-46(39,40)4)28-42-38-16-13-36(54)27-34(38)29-50-43(55)51(44(56)52(42)50)35-11-14-37(15-12-35)58-26-23-49-30-41(47-48-49)32-19-24-53(5,6)25-20-32/h11-12,14-15,28,30-32,36,39-40,42,54,57H,7-10,13,16-27,29H2,1-6H3/q+1/b33-28-/t31?,36-,39?,40?,42?,46-/m1/s1. The summed E-state index contributed by atoms with van der Waals surface area (Å²) in [6.45, 7) is 12.3. The van der Waals surface area contributed by atoms with Gasteiger partial charge in [0, 0.05) is 25.0 Å². The molecular weight excluding hydrogens is 731 g/mol. The lowest BCUT2D eigenvalue weighted by atomic mass is 9.60. The molecule has 3 aromatic rings. The van der Waals surface area contributed by atoms with Gasteiger partial charge in [-0.2, -0.15) is 0 Å². The second-order valence-corrected chi connectivity index (χ2v) is 20.2. The fourth-order valence-electron chi connectivity index (χ4n) is 11.8. The fraction of sp³-hybridized carbons (Fsp3) is 0.696. The summed E-state index contributed by atoms with van der Waals surface area (Å²) in [5.41, 5.74) is 4.18. The zero-order valence-electron chi connectivity index (χ0n) is 35.9. The maximum atomic E-state index is 14.5. The van der Waals surface area contributed by atoms with Crippen LogP contribution in [0.2, 0.25) is 0 Å². The van der Waals surface area contributed by atoms with Gasteiger partial charge in [0.2, 0.25) is 0 Å². The number of hydrogen-bond donors (Lipinski definition) is 2. The van der Waals surface area contributed by atoms with Crippen molar-refractivity contribution >= 4 is 0 Å². The Balaban J connectivity index is 0.998. The molecule has 0 bridgehead atoms. The molecule has 2 N–H and O–H groups in total. The van der Waals surface area contributed by atoms with Crippen LogP contribution in [0, 0.1) is 23.2 Å². The molecule has 12 heteroatoms. The molecule has 3 fully saturated rings. The highest BCUT2D eigenvalue weighted by Gasteiger charge is 2.51. The van der Waals surface area contributed by atoms with E-state index < -0.39 is 11.7 Å². The number of piperidine rings is 1. The van der Waals surface area contributed by atoms with E-state index in [1.807, 2.05) is 30.7 Å². The second-order valence-electron chi connectivity index (χ2n) is 20.2. The number of ether oxygens (including phenoxy) is 1. The van der Waals surface area contributed by atoms with Crippen LogP contribution in [-0.2, 0) is 13.1 Å². The molecule has 1 aromatic carbocycles. The van der Waals surface area contributed by atoms with Gasteiger partial charge in [-0.25, -0.2) is 28.2 Å². The van der Waals surface area contributed by atoms with E-state index in [0.717, 1.165) is 86.6 Å². The van der Waals surface area contributed by atoms with Crippen LogP contribution >= 0.6 is 0 Å². The first-order valence-corrected chi connectivity index (χ1v) is 22.3. The van der Waals surface area contributed by atoms with Crippen molar-refractivity contribution in [2.45, 2.75) is 148 Å². The van der Waals surface area contributed by atoms with E-state index in [1.165, 1.54) is 28.6 Å². The summed E-state index contributed by atoms with van der Waals surface area (Å²) in [6.07, 6.45) is 16.8. The first kappa shape index (κ1) is 41.0. The number of nitrogens with zero attached hydrogens (tertiary/aromatic N) is 7. The number of aromatic nitrogens is 6. The number of aliphatic hydroxyl groups is 2. The zero-order chi connectivity index (χ0) is 41.0. The zero-order valence-corrected chi connectivity index (χ0v) is 35.9. The summed E-state index contributed by atoms with van der Waals surface area (Å²) in [5, 5.41) is 29.9. The second kappa shape index (κ2) is 16.0. The molecule has 2 aliphatic heterocycles. The highest BCUT2D eigenvalue weighted by Crippen LogP contribution is 2.60. The molecule has 0 spiro atoms. The lowest BCUT2D eigenvalue weighted by Crippen LogP contribution is -2.45. The summed E-state index contributed by atoms with van der Waals surface area (Å²) in [7, 11) is 4.57. The number of hydrogen-bond acceptors (Lipinski definition) is 7. The van der Waals surface area contributed by atoms with E-state index in [1.54, 1.807) is 21.5 Å². The van der Waals surface area contributed by atoms with Gasteiger partial charge in [-0.05, 0) is 130 Å². The minimum Gasteiger partial charge on any atom is -0.492 e. The average molecular weight is 799 g/mol. The topological polar surface area (TPSA) is 129 Å². The molecule has 12 nitrogen and oxygen atoms in total. The molecule has 1 saturated heterocycles. The van der Waals surface area contributed by atoms with E-state index in [2.05, 4.69) is 50.5 Å². The van der Waals surface area contributed by atoms with Crippen LogP contribution in [0.15, 0.2) is 62.8 Å². The molecule has 0 amide bonds. The molecule has 316 valence electrons. The van der Waals surface area contributed by atoms with Crippen LogP contribution < -0.4 is 16.1 Å². The van der Waals surface area contributed by atoms with Crippen molar-refractivity contribution in [3.8, 4) is 11.4 Å². The summed E-state index contributed by atoms with van der Waals surface area (Å²) < 4.78 is 13.6. The van der Waals surface area contributed by atoms with Crippen LogP contribution in [0.3, 0.4) is 0 Å². The van der Waals surface area contributed by atoms with Crippen molar-refractivity contribution in [3.05, 3.63) is 79.9 Å². The summed E-state index contributed by atoms with van der Waals surface area (Å²) in [6, 6.07) is 6.88. The van der Waals surface area contributed by atoms with Crippen LogP contribution in [0.5, 0.6) is 5.75 Å². The number of allylic oxidation sites excluding steroid dienone is 3. The van der Waals surface area contributed by atoms with E-state index in [-0.39, 0.29) is 22.8 Å². The van der Waals surface area contributed by atoms with Crippen molar-refractivity contribution in [1.29, 1.82) is 0 Å². The third-order valence-electron chi connectivity index (χ3n) is 15.1. The number of likely N-dealkylation sites (tertiary alicyclic amines) is 1. The minimum absolute atomic E-state index is 0.192. The lowest BCUT2D eigenvalue weighted by Gasteiger charge is -2.45. The lowest BCUT2D eigenvalue weighted by molar-refractivity contribution is -0.895. The molecule has 2 aromatic heterocycles. The third-order valence-corrected chi connectivity index (χ3v) is 15.1. The minimum atomic E-state index is -0.628. The maximum Gasteiger partial charge on any atom is 0.352 e. The van der Waals surface area contributed by atoms with Gasteiger partial charge >= 0.3 is 11.4 Å². The van der Waals surface area contributed by atoms with Crippen LogP contribution in [0.4, 0.5) is 0 Å². The average Bonchev–Trinajstić information content (AvgIpc) is 3.85. The van der Waals surface area contributed by atoms with Gasteiger partial charge in [-0.3, -0.25) is 0 Å². The SMILES string of the molecule is CC(CCCC(C)(C)O)C1CCC2/C(=C\C3C4=C(C[C@H](O)CC4)Cn4c(=O)n(-c5ccc(OCCn6cc(C7CC[N+](C)(C)CC7)nn6)cc5)c(=O)n43)CCC[C@@]21C. The fourth-order valence-corrected chi connectivity index (χ4v) is 11.8. The Labute approximate surface area is 343 Å². The van der Waals surface area contributed by atoms with Crippen LogP contribution in [-0.4, -0.2) is 89.1 Å². The Morgan fingerprint density at radius 3 is 2.55 bits per heavy atom. The molecule has 8 rings (SSSR count). The third kappa shape index (κ3) is 8.22. The quantitative estimate of drug-likeness (QED) is 0.157. The highest BCUT2D eigenvalue weighted by molar-refractivity contribution is 5.38. The molecule has 0 radical (unpaired) electrons. The van der Waals surface area contributed by atoms with Crippen molar-refractivity contribution in [2.75, 3.05) is 33.8 Å². The van der Waals surface area contributed by atoms with E-state index >= 15 is 0 Å². The first-order valence-electron chi connectivity index (χ1n) is 22.3. The van der Waals surface area contributed by atoms with Crippen molar-refractivity contribution < 1.29 is 19.4 Å². The molecule has 4 heterocycles. The Bertz CT molecular complexity index is 2120. The molecule has 4 unspecified atom stereocenters. The van der Waals surface area contributed by atoms with Gasteiger partial charge in [0.05, 0.1) is 69.4 Å². The van der Waals surface area contributed by atoms with Gasteiger partial charge in [0.25, 0.3) is 0 Å². The number of quaternary nitrogens is 1. The molecule has 5 aliphatic rings. The first-order chi connectivity index (χ1) is 27.6. The number of benzene rings is 1. The Morgan fingerprint density at radius 2 is 1.81 bits per heavy atom. The summed E-state index contributed by atoms with van der Waals surface area (Å²) in [4.78, 5) is 28.8. The summed E-state index contributed by atoms with van der Waals surface area (Å²) >= 11 is 0. The Kier molecular flexibility index (Phi) is 11.3. The molecule has 58 heavy (non-hydrogen) atoms. The Hall–Kier alpha value is -3.74. The molecular formula is C46H68N7O5+. The number of rotatable bonds is 12. The predicted octanol–water partition coefficient (Wildman–Crippen LogP) is 6.54. The smallest absolute Gasteiger partial charge is 0.352 e. The van der Waals surface area contributed by atoms with Gasteiger partial charge < -0.3 is 19.4 Å². The van der Waals surface area contributed by atoms with Crippen LogP contribution in [0.25, 0.3) is 5.69 Å². The van der Waals surface area contributed by atoms with Gasteiger partial charge in [0.15, 0.2) is 0 Å². The Morgan fingerprint density at radius 1 is 1.05 bits per heavy atom. The van der Waals surface area contributed by atoms with Crippen LogP contribution in [0.1, 0.15) is 129 Å². The molecule has 3 aliphatic carbocycles. The van der Waals surface area contributed by atoms with Gasteiger partial charge in [-0.15, -0.1) is 5.10 Å². The predicted molar refractivity (Wildman–Crippen MR) is 225 cm³/mol. The monoisotopic (exact) mass is 799 g/mol. The van der Waals surface area contributed by atoms with E-state index in [9.17, 15) is 19.8 Å². The molecule has 6 atom stereocenters. The largest absolute Gasteiger partial charge is 0.492 e. The van der Waals surface area contributed by atoms with E-state index in [4.69, 9.17) is 4.74 Å². The van der Waals surface area contributed by atoms with Gasteiger partial charge in [0.1, 0.15) is 12.4 Å². The summed E-state index contributed by atoms with van der Waals surface area (Å²) in [5.74, 6) is 2.77. The highest BCUT2D eigenvalue weighted by atomic mass is 16.5. The maximum absolute atomic E-state index is 14.5.